The molecule has 3 fully saturated rings. The summed E-state index contributed by atoms with van der Waals surface area (Å²) in [7, 11) is 1.54. The van der Waals surface area contributed by atoms with Gasteiger partial charge in [-0.3, -0.25) is 14.4 Å². The van der Waals surface area contributed by atoms with Gasteiger partial charge in [-0.2, -0.15) is 0 Å². The molecule has 0 spiro atoms. The highest BCUT2D eigenvalue weighted by Crippen LogP contribution is 2.49. The molecule has 0 unspecified atom stereocenters. The lowest BCUT2D eigenvalue weighted by atomic mass is 9.84. The van der Waals surface area contributed by atoms with E-state index in [0.29, 0.717) is 23.3 Å². The minimum absolute atomic E-state index is 0.0623. The summed E-state index contributed by atoms with van der Waals surface area (Å²) in [5.41, 5.74) is 0.635. The topological polar surface area (TPSA) is 84.9 Å². The molecule has 1 heterocycles. The van der Waals surface area contributed by atoms with Crippen LogP contribution in [0.3, 0.4) is 0 Å². The van der Waals surface area contributed by atoms with Gasteiger partial charge in [-0.25, -0.2) is 0 Å². The second-order valence-corrected chi connectivity index (χ2v) is 9.29. The second kappa shape index (κ2) is 8.89. The van der Waals surface area contributed by atoms with Crippen molar-refractivity contribution >= 4 is 23.5 Å². The number of rotatable bonds is 7. The molecule has 2 bridgehead atoms. The van der Waals surface area contributed by atoms with E-state index in [1.807, 2.05) is 12.1 Å². The molecular weight excluding hydrogens is 396 g/mol. The Labute approximate surface area is 183 Å². The summed E-state index contributed by atoms with van der Waals surface area (Å²) in [5.74, 6) is 1.08. The first-order valence-electron chi connectivity index (χ1n) is 11.3. The minimum Gasteiger partial charge on any atom is -0.495 e. The van der Waals surface area contributed by atoms with E-state index >= 15 is 0 Å². The Bertz CT molecular complexity index is 856. The van der Waals surface area contributed by atoms with Gasteiger partial charge in [0.2, 0.25) is 5.91 Å². The van der Waals surface area contributed by atoms with Crippen LogP contribution >= 0.6 is 0 Å². The van der Waals surface area contributed by atoms with E-state index < -0.39 is 18.0 Å². The van der Waals surface area contributed by atoms with Gasteiger partial charge in [0.05, 0.1) is 18.7 Å². The Kier molecular flexibility index (Phi) is 6.21. The zero-order valence-electron chi connectivity index (χ0n) is 18.5. The molecular formula is C24H32N2O5. The summed E-state index contributed by atoms with van der Waals surface area (Å²) < 4.78 is 10.8. The highest BCUT2D eigenvalue weighted by molar-refractivity contribution is 6.00. The van der Waals surface area contributed by atoms with E-state index in [1.54, 1.807) is 31.1 Å². The summed E-state index contributed by atoms with van der Waals surface area (Å²) in [6.45, 7) is 3.86. The van der Waals surface area contributed by atoms with Crippen LogP contribution in [0.4, 0.5) is 5.69 Å². The average molecular weight is 429 g/mol. The van der Waals surface area contributed by atoms with Gasteiger partial charge in [-0.15, -0.1) is 0 Å². The number of carbonyl (C=O) groups excluding carboxylic acids is 3. The summed E-state index contributed by atoms with van der Waals surface area (Å²) in [6.07, 6.45) is 4.23. The maximum atomic E-state index is 12.7. The Morgan fingerprint density at radius 2 is 1.94 bits per heavy atom. The summed E-state index contributed by atoms with van der Waals surface area (Å²) >= 11 is 0. The van der Waals surface area contributed by atoms with E-state index in [0.717, 1.165) is 5.92 Å². The van der Waals surface area contributed by atoms with Crippen molar-refractivity contribution < 1.29 is 23.9 Å². The average Bonchev–Trinajstić information content (AvgIpc) is 3.49. The Morgan fingerprint density at radius 1 is 1.16 bits per heavy atom. The number of nitrogens with one attached hydrogen (secondary N) is 1. The fraction of sp³-hybridized carbons (Fsp3) is 0.625. The van der Waals surface area contributed by atoms with Crippen LogP contribution < -0.4 is 15.0 Å². The second-order valence-electron chi connectivity index (χ2n) is 9.29. The number of ether oxygens (including phenoxy) is 2. The Hall–Kier alpha value is -2.57. The van der Waals surface area contributed by atoms with Crippen LogP contribution in [-0.2, 0) is 19.1 Å². The predicted molar refractivity (Wildman–Crippen MR) is 116 cm³/mol. The maximum Gasteiger partial charge on any atom is 0.312 e. The van der Waals surface area contributed by atoms with Crippen molar-refractivity contribution in [1.82, 2.24) is 5.32 Å². The Balaban J connectivity index is 1.30. The first-order chi connectivity index (χ1) is 14.9. The number of esters is 1. The first kappa shape index (κ1) is 21.7. The van der Waals surface area contributed by atoms with E-state index in [2.05, 4.69) is 12.2 Å². The molecule has 0 radical (unpaired) electrons. The van der Waals surface area contributed by atoms with Crippen molar-refractivity contribution in [3.63, 3.8) is 0 Å². The molecule has 2 saturated carbocycles. The normalized spacial score (nSPS) is 29.0. The third kappa shape index (κ3) is 4.41. The van der Waals surface area contributed by atoms with Crippen LogP contribution in [0.25, 0.3) is 0 Å². The quantitative estimate of drug-likeness (QED) is 0.675. The van der Waals surface area contributed by atoms with E-state index in [4.69, 9.17) is 9.47 Å². The number of nitrogens with zero attached hydrogens (tertiary/aromatic N) is 1. The molecule has 1 aliphatic heterocycles. The SMILES string of the molecule is COc1ccccc1N1C[C@H](C(=O)O[C@H](C)C(=O)N[C@@H](C)[C@H]2C[C@H]3CC[C@H]2C3)CC1=O. The van der Waals surface area contributed by atoms with Crippen LogP contribution in [0.15, 0.2) is 24.3 Å². The van der Waals surface area contributed by atoms with Crippen LogP contribution in [0, 0.1) is 23.7 Å². The molecule has 2 aliphatic carbocycles. The molecule has 7 nitrogen and oxygen atoms in total. The number of benzene rings is 1. The fourth-order valence-corrected chi connectivity index (χ4v) is 5.63. The van der Waals surface area contributed by atoms with Gasteiger partial charge in [0, 0.05) is 19.0 Å². The van der Waals surface area contributed by atoms with E-state index in [1.165, 1.54) is 25.7 Å². The lowest BCUT2D eigenvalue weighted by molar-refractivity contribution is -0.158. The van der Waals surface area contributed by atoms with E-state index in [-0.39, 0.29) is 30.8 Å². The van der Waals surface area contributed by atoms with Gasteiger partial charge >= 0.3 is 5.97 Å². The van der Waals surface area contributed by atoms with Gasteiger partial charge in [0.15, 0.2) is 6.10 Å². The first-order valence-corrected chi connectivity index (χ1v) is 11.3. The highest BCUT2D eigenvalue weighted by Gasteiger charge is 2.43. The zero-order chi connectivity index (χ0) is 22.1. The molecule has 3 aliphatic rings. The third-order valence-electron chi connectivity index (χ3n) is 7.30. The minimum atomic E-state index is -0.885. The Morgan fingerprint density at radius 3 is 2.61 bits per heavy atom. The number of hydrogen-bond acceptors (Lipinski definition) is 5. The van der Waals surface area contributed by atoms with E-state index in [9.17, 15) is 14.4 Å². The number of methoxy groups -OCH3 is 1. The van der Waals surface area contributed by atoms with Gasteiger partial charge in [0.25, 0.3) is 5.91 Å². The van der Waals surface area contributed by atoms with Gasteiger partial charge < -0.3 is 19.7 Å². The number of fused-ring (bicyclic) bond motifs is 2. The molecule has 2 amide bonds. The van der Waals surface area contributed by atoms with Crippen LogP contribution in [0.1, 0.15) is 46.0 Å². The van der Waals surface area contributed by atoms with Crippen LogP contribution in [0.5, 0.6) is 5.75 Å². The fourth-order valence-electron chi connectivity index (χ4n) is 5.63. The van der Waals surface area contributed by atoms with Crippen molar-refractivity contribution in [3.8, 4) is 5.75 Å². The number of amides is 2. The highest BCUT2D eigenvalue weighted by atomic mass is 16.5. The largest absolute Gasteiger partial charge is 0.495 e. The third-order valence-corrected chi connectivity index (χ3v) is 7.30. The van der Waals surface area contributed by atoms with Crippen LogP contribution in [-0.4, -0.2) is 43.6 Å². The summed E-state index contributed by atoms with van der Waals surface area (Å²) in [5, 5.41) is 3.05. The molecule has 7 heteroatoms. The zero-order valence-corrected chi connectivity index (χ0v) is 18.5. The molecule has 4 rings (SSSR count). The molecule has 31 heavy (non-hydrogen) atoms. The molecule has 168 valence electrons. The molecule has 1 N–H and O–H groups in total. The van der Waals surface area contributed by atoms with Gasteiger partial charge in [0.1, 0.15) is 5.75 Å². The summed E-state index contributed by atoms with van der Waals surface area (Å²) in [6, 6.07) is 7.29. The van der Waals surface area contributed by atoms with Gasteiger partial charge in [-0.05, 0) is 63.0 Å². The number of carbonyl (C=O) groups is 3. The van der Waals surface area contributed by atoms with Crippen LogP contribution in [0.2, 0.25) is 0 Å². The standard InChI is InChI=1S/C24H32N2O5/c1-14(19-11-16-8-9-17(19)10-16)25-23(28)15(2)31-24(29)18-12-22(27)26(13-18)20-6-4-5-7-21(20)30-3/h4-7,14-19H,8-13H2,1-3H3,(H,25,28)/t14-,15+,16-,17-,18+,19+/m0/s1. The predicted octanol–water partition coefficient (Wildman–Crippen LogP) is 2.92. The van der Waals surface area contributed by atoms with Gasteiger partial charge in [-0.1, -0.05) is 18.6 Å². The lowest BCUT2D eigenvalue weighted by Crippen LogP contribution is -2.45. The number of para-hydroxylation sites is 2. The number of hydrogen-bond donors (Lipinski definition) is 1. The number of anilines is 1. The molecule has 1 saturated heterocycles. The molecule has 6 atom stereocenters. The van der Waals surface area contributed by atoms with Crippen molar-refractivity contribution in [1.29, 1.82) is 0 Å². The monoisotopic (exact) mass is 428 g/mol. The molecule has 0 aromatic heterocycles. The molecule has 1 aromatic carbocycles. The summed E-state index contributed by atoms with van der Waals surface area (Å²) in [4.78, 5) is 39.4. The van der Waals surface area contributed by atoms with Crippen molar-refractivity contribution in [2.24, 2.45) is 23.7 Å². The maximum absolute atomic E-state index is 12.7. The smallest absolute Gasteiger partial charge is 0.312 e. The molecule has 1 aromatic rings. The van der Waals surface area contributed by atoms with Crippen molar-refractivity contribution in [3.05, 3.63) is 24.3 Å². The lowest BCUT2D eigenvalue weighted by Gasteiger charge is -2.29. The van der Waals surface area contributed by atoms with Crippen molar-refractivity contribution in [2.75, 3.05) is 18.6 Å². The van der Waals surface area contributed by atoms with Crippen molar-refractivity contribution in [2.45, 2.75) is 58.1 Å².